The van der Waals surface area contributed by atoms with Crippen LogP contribution in [0.4, 0.5) is 4.39 Å². The number of aryl methyl sites for hydroxylation is 1. The van der Waals surface area contributed by atoms with Crippen LogP contribution >= 0.6 is 0 Å². The van der Waals surface area contributed by atoms with E-state index >= 15 is 0 Å². The smallest absolute Gasteiger partial charge is 0.126 e. The second kappa shape index (κ2) is 12.0. The van der Waals surface area contributed by atoms with Crippen molar-refractivity contribution in [3.8, 4) is 0 Å². The van der Waals surface area contributed by atoms with Crippen LogP contribution in [0.25, 0.3) is 0 Å². The predicted molar refractivity (Wildman–Crippen MR) is 136 cm³/mol. The summed E-state index contributed by atoms with van der Waals surface area (Å²) < 4.78 is 14.5. The third kappa shape index (κ3) is 6.18. The topological polar surface area (TPSA) is 0 Å². The van der Waals surface area contributed by atoms with Gasteiger partial charge in [-0.2, -0.15) is 0 Å². The summed E-state index contributed by atoms with van der Waals surface area (Å²) >= 11 is 0. The number of rotatable bonds is 9. The molecule has 1 aromatic rings. The van der Waals surface area contributed by atoms with E-state index in [1.54, 1.807) is 0 Å². The lowest BCUT2D eigenvalue weighted by atomic mass is 9.60. The molecule has 0 N–H and O–H groups in total. The minimum Gasteiger partial charge on any atom is -0.207 e. The van der Waals surface area contributed by atoms with E-state index in [0.29, 0.717) is 5.92 Å². The molecular weight excluding hydrogens is 391 g/mol. The SMILES string of the molecule is CCCCCCC1CCC(C2CCC3CC(c4ccc(CCC)c(F)c4)CCC3C2)CC1. The molecule has 4 rings (SSSR count). The first-order chi connectivity index (χ1) is 15.7. The molecule has 0 radical (unpaired) electrons. The second-order valence-corrected chi connectivity index (χ2v) is 11.8. The fraction of sp³-hybridized carbons (Fsp3) is 0.806. The molecule has 0 aromatic heterocycles. The molecule has 0 amide bonds. The number of benzene rings is 1. The summed E-state index contributed by atoms with van der Waals surface area (Å²) in [5.74, 6) is 5.58. The number of unbranched alkanes of at least 4 members (excludes halogenated alkanes) is 3. The average molecular weight is 441 g/mol. The standard InChI is InChI=1S/C31H49F/c1-3-5-6-7-9-23-10-12-24(13-11-23)26-16-17-28-21-29(19-18-27(28)20-26)30-15-14-25(8-4-2)31(32)22-30/h14-15,22-24,26-29H,3-13,16-21H2,1-2H3. The Balaban J connectivity index is 1.23. The Kier molecular flexibility index (Phi) is 9.13. The fourth-order valence-corrected chi connectivity index (χ4v) is 7.75. The van der Waals surface area contributed by atoms with Gasteiger partial charge in [0.1, 0.15) is 5.82 Å². The molecule has 180 valence electrons. The van der Waals surface area contributed by atoms with Crippen molar-refractivity contribution in [1.82, 2.24) is 0 Å². The van der Waals surface area contributed by atoms with E-state index in [2.05, 4.69) is 26.0 Å². The molecule has 1 aromatic carbocycles. The van der Waals surface area contributed by atoms with Crippen LogP contribution in [0, 0.1) is 35.4 Å². The highest BCUT2D eigenvalue weighted by Gasteiger charge is 2.39. The Morgan fingerprint density at radius 3 is 2.12 bits per heavy atom. The summed E-state index contributed by atoms with van der Waals surface area (Å²) in [6, 6.07) is 6.19. The molecular formula is C31H49F. The minimum absolute atomic E-state index is 0.0381. The van der Waals surface area contributed by atoms with Gasteiger partial charge >= 0.3 is 0 Å². The van der Waals surface area contributed by atoms with E-state index in [0.717, 1.165) is 48.0 Å². The highest BCUT2D eigenvalue weighted by atomic mass is 19.1. The highest BCUT2D eigenvalue weighted by Crippen LogP contribution is 2.51. The van der Waals surface area contributed by atoms with Crippen molar-refractivity contribution in [2.45, 2.75) is 129 Å². The molecule has 0 aliphatic heterocycles. The molecule has 1 heteroatoms. The van der Waals surface area contributed by atoms with Crippen molar-refractivity contribution in [3.05, 3.63) is 35.1 Å². The monoisotopic (exact) mass is 440 g/mol. The maximum absolute atomic E-state index is 14.5. The zero-order valence-corrected chi connectivity index (χ0v) is 21.1. The first-order valence-electron chi connectivity index (χ1n) is 14.5. The number of fused-ring (bicyclic) bond motifs is 1. The van der Waals surface area contributed by atoms with Crippen molar-refractivity contribution in [2.24, 2.45) is 29.6 Å². The maximum atomic E-state index is 14.5. The summed E-state index contributed by atoms with van der Waals surface area (Å²) in [5.41, 5.74) is 2.18. The lowest BCUT2D eigenvalue weighted by Crippen LogP contribution is -2.34. The summed E-state index contributed by atoms with van der Waals surface area (Å²) in [6.45, 7) is 4.45. The van der Waals surface area contributed by atoms with Crippen LogP contribution in [0.15, 0.2) is 18.2 Å². The minimum atomic E-state index is 0.0381. The Bertz CT molecular complexity index is 686. The zero-order valence-electron chi connectivity index (χ0n) is 21.1. The van der Waals surface area contributed by atoms with Gasteiger partial charge in [-0.15, -0.1) is 0 Å². The van der Waals surface area contributed by atoms with Gasteiger partial charge in [0.05, 0.1) is 0 Å². The zero-order chi connectivity index (χ0) is 22.3. The molecule has 4 unspecified atom stereocenters. The third-order valence-corrected chi connectivity index (χ3v) is 9.75. The molecule has 32 heavy (non-hydrogen) atoms. The molecule has 4 atom stereocenters. The first-order valence-corrected chi connectivity index (χ1v) is 14.5. The van der Waals surface area contributed by atoms with Gasteiger partial charge < -0.3 is 0 Å². The quantitative estimate of drug-likeness (QED) is 0.335. The highest BCUT2D eigenvalue weighted by molar-refractivity contribution is 5.27. The van der Waals surface area contributed by atoms with Gasteiger partial charge in [0.25, 0.3) is 0 Å². The molecule has 3 fully saturated rings. The molecule has 0 bridgehead atoms. The molecule has 0 heterocycles. The molecule has 3 aliphatic carbocycles. The van der Waals surface area contributed by atoms with E-state index < -0.39 is 0 Å². The molecule has 3 aliphatic rings. The van der Waals surface area contributed by atoms with Crippen molar-refractivity contribution in [1.29, 1.82) is 0 Å². The van der Waals surface area contributed by atoms with Gasteiger partial charge in [-0.05, 0) is 110 Å². The number of hydrogen-bond acceptors (Lipinski definition) is 0. The fourth-order valence-electron chi connectivity index (χ4n) is 7.75. The van der Waals surface area contributed by atoms with Crippen LogP contribution in [0.3, 0.4) is 0 Å². The van der Waals surface area contributed by atoms with Crippen molar-refractivity contribution < 1.29 is 4.39 Å². The Labute approximate surface area is 198 Å². The first kappa shape index (κ1) is 24.3. The number of hydrogen-bond donors (Lipinski definition) is 0. The normalized spacial score (nSPS) is 33.1. The van der Waals surface area contributed by atoms with Crippen LogP contribution in [0.1, 0.15) is 134 Å². The molecule has 0 nitrogen and oxygen atoms in total. The lowest BCUT2D eigenvalue weighted by molar-refractivity contribution is 0.0710. The largest absolute Gasteiger partial charge is 0.207 e. The van der Waals surface area contributed by atoms with Gasteiger partial charge in [0, 0.05) is 0 Å². The summed E-state index contributed by atoms with van der Waals surface area (Å²) in [5, 5.41) is 0. The number of halogens is 1. The van der Waals surface area contributed by atoms with Crippen LogP contribution in [-0.2, 0) is 6.42 Å². The lowest BCUT2D eigenvalue weighted by Gasteiger charge is -2.45. The second-order valence-electron chi connectivity index (χ2n) is 11.8. The van der Waals surface area contributed by atoms with Crippen LogP contribution in [-0.4, -0.2) is 0 Å². The van der Waals surface area contributed by atoms with Crippen LogP contribution in [0.5, 0.6) is 0 Å². The van der Waals surface area contributed by atoms with E-state index in [-0.39, 0.29) is 5.82 Å². The Morgan fingerprint density at radius 1 is 0.719 bits per heavy atom. The molecule has 0 spiro atoms. The third-order valence-electron chi connectivity index (χ3n) is 9.75. The summed E-state index contributed by atoms with van der Waals surface area (Å²) in [6.07, 6.45) is 23.6. The van der Waals surface area contributed by atoms with Crippen molar-refractivity contribution >= 4 is 0 Å². The van der Waals surface area contributed by atoms with Gasteiger partial charge in [0.15, 0.2) is 0 Å². The Morgan fingerprint density at radius 2 is 1.41 bits per heavy atom. The maximum Gasteiger partial charge on any atom is 0.126 e. The van der Waals surface area contributed by atoms with Crippen molar-refractivity contribution in [2.75, 3.05) is 0 Å². The molecule has 3 saturated carbocycles. The summed E-state index contributed by atoms with van der Waals surface area (Å²) in [4.78, 5) is 0. The average Bonchev–Trinajstić information content (AvgIpc) is 2.83. The van der Waals surface area contributed by atoms with Crippen LogP contribution < -0.4 is 0 Å². The van der Waals surface area contributed by atoms with E-state index in [9.17, 15) is 4.39 Å². The van der Waals surface area contributed by atoms with E-state index in [4.69, 9.17) is 0 Å². The van der Waals surface area contributed by atoms with E-state index in [1.165, 1.54) is 102 Å². The van der Waals surface area contributed by atoms with Crippen LogP contribution in [0.2, 0.25) is 0 Å². The van der Waals surface area contributed by atoms with E-state index in [1.807, 2.05) is 6.07 Å². The predicted octanol–water partition coefficient (Wildman–Crippen LogP) is 9.85. The van der Waals surface area contributed by atoms with Gasteiger partial charge in [-0.1, -0.05) is 77.3 Å². The summed E-state index contributed by atoms with van der Waals surface area (Å²) in [7, 11) is 0. The molecule has 0 saturated heterocycles. The van der Waals surface area contributed by atoms with Gasteiger partial charge in [-0.3, -0.25) is 0 Å². The van der Waals surface area contributed by atoms with Gasteiger partial charge in [-0.25, -0.2) is 4.39 Å². The van der Waals surface area contributed by atoms with Gasteiger partial charge in [0.2, 0.25) is 0 Å². The van der Waals surface area contributed by atoms with Crippen molar-refractivity contribution in [3.63, 3.8) is 0 Å². The Hall–Kier alpha value is -0.850.